The molecule has 63 heavy (non-hydrogen) atoms. The van der Waals surface area contributed by atoms with E-state index in [0.29, 0.717) is 5.82 Å². The van der Waals surface area contributed by atoms with Crippen molar-refractivity contribution >= 4 is 43.4 Å². The summed E-state index contributed by atoms with van der Waals surface area (Å²) in [4.78, 5) is 10.6. The first-order chi connectivity index (χ1) is 31.2. The minimum atomic E-state index is 0.683. The maximum atomic E-state index is 5.39. The first kappa shape index (κ1) is 36.5. The van der Waals surface area contributed by atoms with Crippen molar-refractivity contribution in [1.29, 1.82) is 0 Å². The predicted octanol–water partition coefficient (Wildman–Crippen LogP) is 15.9. The van der Waals surface area contributed by atoms with Crippen LogP contribution in [0.2, 0.25) is 0 Å². The van der Waals surface area contributed by atoms with E-state index in [0.717, 1.165) is 50.4 Å². The van der Waals surface area contributed by atoms with Crippen molar-refractivity contribution in [3.8, 4) is 73.0 Å². The number of hydrogen-bond donors (Lipinski definition) is 0. The maximum Gasteiger partial charge on any atom is 0.160 e. The zero-order chi connectivity index (χ0) is 41.7. The van der Waals surface area contributed by atoms with Crippen LogP contribution in [-0.2, 0) is 0 Å². The van der Waals surface area contributed by atoms with Gasteiger partial charge in [-0.05, 0) is 97.4 Å². The largest absolute Gasteiger partial charge is 0.309 e. The number of aromatic nitrogens is 3. The van der Waals surface area contributed by atoms with Crippen LogP contribution < -0.4 is 0 Å². The average molecular weight is 802 g/mol. The zero-order valence-electron chi connectivity index (χ0n) is 34.4. The third-order valence-corrected chi connectivity index (χ3v) is 12.4. The number of benzene rings is 10. The lowest BCUT2D eigenvalue weighted by Gasteiger charge is -2.17. The van der Waals surface area contributed by atoms with Crippen molar-refractivity contribution in [2.45, 2.75) is 0 Å². The van der Waals surface area contributed by atoms with Gasteiger partial charge in [-0.15, -0.1) is 0 Å². The molecule has 0 aliphatic carbocycles. The summed E-state index contributed by atoms with van der Waals surface area (Å²) < 4.78 is 2.44. The highest BCUT2D eigenvalue weighted by atomic mass is 15.0. The molecule has 3 heteroatoms. The molecule has 0 aliphatic heterocycles. The quantitative estimate of drug-likeness (QED) is 0.150. The Labute approximate surface area is 365 Å². The number of nitrogens with zero attached hydrogens (tertiary/aromatic N) is 3. The number of hydrogen-bond acceptors (Lipinski definition) is 2. The second-order valence-corrected chi connectivity index (χ2v) is 16.2. The van der Waals surface area contributed by atoms with Crippen molar-refractivity contribution in [2.24, 2.45) is 0 Å². The van der Waals surface area contributed by atoms with Gasteiger partial charge in [-0.25, -0.2) is 9.97 Å². The van der Waals surface area contributed by atoms with E-state index in [-0.39, 0.29) is 0 Å². The van der Waals surface area contributed by atoms with Crippen LogP contribution in [0.4, 0.5) is 0 Å². The lowest BCUT2D eigenvalue weighted by molar-refractivity contribution is 1.16. The fraction of sp³-hybridized carbons (Fsp3) is 0. The smallest absolute Gasteiger partial charge is 0.160 e. The fourth-order valence-electron chi connectivity index (χ4n) is 9.32. The zero-order valence-corrected chi connectivity index (χ0v) is 34.4. The highest BCUT2D eigenvalue weighted by molar-refractivity contribution is 6.14. The third kappa shape index (κ3) is 6.55. The number of rotatable bonds is 7. The Hall–Kier alpha value is -8.40. The summed E-state index contributed by atoms with van der Waals surface area (Å²) >= 11 is 0. The third-order valence-electron chi connectivity index (χ3n) is 12.4. The molecule has 10 aromatic carbocycles. The topological polar surface area (TPSA) is 30.7 Å². The summed E-state index contributed by atoms with van der Waals surface area (Å²) in [5.74, 6) is 0.683. The molecule has 2 heterocycles. The molecule has 3 nitrogen and oxygen atoms in total. The molecule has 0 spiro atoms. The Morgan fingerprint density at radius 3 is 1.51 bits per heavy atom. The van der Waals surface area contributed by atoms with Gasteiger partial charge >= 0.3 is 0 Å². The summed E-state index contributed by atoms with van der Waals surface area (Å²) in [6.07, 6.45) is 0. The molecule has 294 valence electrons. The molecule has 0 aliphatic rings. The van der Waals surface area contributed by atoms with Crippen LogP contribution in [-0.4, -0.2) is 14.5 Å². The van der Waals surface area contributed by atoms with Gasteiger partial charge in [-0.1, -0.05) is 194 Å². The second-order valence-electron chi connectivity index (χ2n) is 16.2. The molecule has 12 aromatic rings. The van der Waals surface area contributed by atoms with Crippen LogP contribution in [0, 0.1) is 0 Å². The van der Waals surface area contributed by atoms with Gasteiger partial charge in [0.1, 0.15) is 0 Å². The Morgan fingerprint density at radius 1 is 0.270 bits per heavy atom. The minimum absolute atomic E-state index is 0.683. The van der Waals surface area contributed by atoms with E-state index >= 15 is 0 Å². The molecule has 0 amide bonds. The van der Waals surface area contributed by atoms with Crippen molar-refractivity contribution in [3.05, 3.63) is 237 Å². The van der Waals surface area contributed by atoms with Gasteiger partial charge in [-0.2, -0.15) is 0 Å². The fourth-order valence-corrected chi connectivity index (χ4v) is 9.32. The first-order valence-electron chi connectivity index (χ1n) is 21.5. The first-order valence-corrected chi connectivity index (χ1v) is 21.5. The van der Waals surface area contributed by atoms with Crippen LogP contribution in [0.5, 0.6) is 0 Å². The van der Waals surface area contributed by atoms with Gasteiger partial charge in [0, 0.05) is 33.2 Å². The standard InChI is InChI=1S/C60H39N3/c1-4-16-40(17-5-1)42-28-30-43(31-29-42)56-39-57(62-60(61-56)44-20-8-3-9-21-44)48-34-47(55-37-46-22-10-11-23-50(46)51-24-12-13-25-52(51)55)35-49(36-48)63-58-27-15-14-26-53(58)54-33-32-45(38-59(54)63)41-18-6-2-7-19-41/h1-39H. The Morgan fingerprint density at radius 2 is 0.778 bits per heavy atom. The van der Waals surface area contributed by atoms with Gasteiger partial charge in [0.15, 0.2) is 5.82 Å². The molecular weight excluding hydrogens is 763 g/mol. The van der Waals surface area contributed by atoms with Gasteiger partial charge in [0.2, 0.25) is 0 Å². The number of fused-ring (bicyclic) bond motifs is 6. The predicted molar refractivity (Wildman–Crippen MR) is 264 cm³/mol. The number of para-hydroxylation sites is 1. The van der Waals surface area contributed by atoms with E-state index in [1.807, 2.05) is 6.07 Å². The maximum absolute atomic E-state index is 5.39. The molecule has 0 N–H and O–H groups in total. The molecule has 0 radical (unpaired) electrons. The minimum Gasteiger partial charge on any atom is -0.309 e. The Balaban J connectivity index is 1.14. The van der Waals surface area contributed by atoms with Crippen molar-refractivity contribution in [2.75, 3.05) is 0 Å². The Kier molecular flexibility index (Phi) is 8.83. The van der Waals surface area contributed by atoms with E-state index in [2.05, 4.69) is 235 Å². The van der Waals surface area contributed by atoms with Crippen LogP contribution >= 0.6 is 0 Å². The molecule has 0 unspecified atom stereocenters. The van der Waals surface area contributed by atoms with E-state index in [9.17, 15) is 0 Å². The molecule has 0 saturated heterocycles. The van der Waals surface area contributed by atoms with Gasteiger partial charge in [0.25, 0.3) is 0 Å². The average Bonchev–Trinajstić information content (AvgIpc) is 3.70. The monoisotopic (exact) mass is 801 g/mol. The van der Waals surface area contributed by atoms with Crippen LogP contribution in [0.1, 0.15) is 0 Å². The molecule has 0 saturated carbocycles. The van der Waals surface area contributed by atoms with Crippen molar-refractivity contribution < 1.29 is 0 Å². The normalized spacial score (nSPS) is 11.5. The summed E-state index contributed by atoms with van der Waals surface area (Å²) in [6, 6.07) is 84.9. The summed E-state index contributed by atoms with van der Waals surface area (Å²) in [5.41, 5.74) is 15.1. The Bertz CT molecular complexity index is 3650. The van der Waals surface area contributed by atoms with Gasteiger partial charge in [-0.3, -0.25) is 0 Å². The van der Waals surface area contributed by atoms with Crippen molar-refractivity contribution in [3.63, 3.8) is 0 Å². The van der Waals surface area contributed by atoms with E-state index in [1.54, 1.807) is 0 Å². The molecule has 12 rings (SSSR count). The highest BCUT2D eigenvalue weighted by Crippen LogP contribution is 2.41. The lowest BCUT2D eigenvalue weighted by Crippen LogP contribution is -1.99. The van der Waals surface area contributed by atoms with Crippen LogP contribution in [0.15, 0.2) is 237 Å². The van der Waals surface area contributed by atoms with E-state index in [1.165, 1.54) is 60.1 Å². The van der Waals surface area contributed by atoms with Crippen LogP contribution in [0.3, 0.4) is 0 Å². The summed E-state index contributed by atoms with van der Waals surface area (Å²) in [5, 5.41) is 7.32. The lowest BCUT2D eigenvalue weighted by atomic mass is 9.91. The molecular formula is C60H39N3. The summed E-state index contributed by atoms with van der Waals surface area (Å²) in [7, 11) is 0. The van der Waals surface area contributed by atoms with Gasteiger partial charge in [0.05, 0.1) is 22.4 Å². The molecule has 2 aromatic heterocycles. The van der Waals surface area contributed by atoms with E-state index in [4.69, 9.17) is 9.97 Å². The molecule has 0 bridgehead atoms. The second kappa shape index (κ2) is 15.3. The summed E-state index contributed by atoms with van der Waals surface area (Å²) in [6.45, 7) is 0. The molecule has 0 atom stereocenters. The van der Waals surface area contributed by atoms with E-state index < -0.39 is 0 Å². The van der Waals surface area contributed by atoms with Gasteiger partial charge < -0.3 is 4.57 Å². The SMILES string of the molecule is c1ccc(-c2ccc(-c3cc(-c4cc(-c5cc6ccccc6c6ccccc56)cc(-n5c6ccccc6c6ccc(-c7ccccc7)cc65)c4)nc(-c4ccccc4)n3)cc2)cc1. The highest BCUT2D eigenvalue weighted by Gasteiger charge is 2.19. The molecule has 0 fully saturated rings. The van der Waals surface area contributed by atoms with Crippen molar-refractivity contribution in [1.82, 2.24) is 14.5 Å². The van der Waals surface area contributed by atoms with Crippen LogP contribution in [0.25, 0.3) is 116 Å².